The van der Waals surface area contributed by atoms with Crippen molar-refractivity contribution >= 4 is 33.2 Å². The highest BCUT2D eigenvalue weighted by Crippen LogP contribution is 2.26. The van der Waals surface area contributed by atoms with Crippen molar-refractivity contribution in [3.05, 3.63) is 53.4 Å². The number of rotatable bonds is 8. The minimum atomic E-state index is -3.50. The van der Waals surface area contributed by atoms with E-state index < -0.39 is 16.1 Å². The number of sulfonamides is 1. The number of carbonyl (C=O) groups is 2. The van der Waals surface area contributed by atoms with E-state index in [1.165, 1.54) is 15.6 Å². The van der Waals surface area contributed by atoms with Crippen molar-refractivity contribution in [1.29, 1.82) is 0 Å². The lowest BCUT2D eigenvalue weighted by molar-refractivity contribution is -0.131. The van der Waals surface area contributed by atoms with Crippen molar-refractivity contribution in [2.45, 2.75) is 48.4 Å². The van der Waals surface area contributed by atoms with Crippen molar-refractivity contribution in [3.8, 4) is 0 Å². The Morgan fingerprint density at radius 3 is 2.35 bits per heavy atom. The second-order valence-electron chi connectivity index (χ2n) is 8.14. The summed E-state index contributed by atoms with van der Waals surface area (Å²) < 4.78 is 27.2. The third kappa shape index (κ3) is 5.53. The van der Waals surface area contributed by atoms with Gasteiger partial charge >= 0.3 is 0 Å². The van der Waals surface area contributed by atoms with Crippen molar-refractivity contribution in [2.75, 3.05) is 13.1 Å². The predicted octanol–water partition coefficient (Wildman–Crippen LogP) is 2.15. The Bertz CT molecular complexity index is 997. The van der Waals surface area contributed by atoms with E-state index in [0.29, 0.717) is 36.6 Å². The SMILES string of the molecule is O=C(NC(Cc1ccccc1)C(=O)NC1CC1)C1CCN(S(=O)(=O)c2cccs2)CC1. The molecule has 1 atom stereocenters. The fourth-order valence-corrected chi connectivity index (χ4v) is 6.39. The number of thiophene rings is 1. The quantitative estimate of drug-likeness (QED) is 0.630. The topological polar surface area (TPSA) is 95.6 Å². The Kier molecular flexibility index (Phi) is 6.74. The van der Waals surface area contributed by atoms with Crippen LogP contribution >= 0.6 is 11.3 Å². The van der Waals surface area contributed by atoms with E-state index in [-0.39, 0.29) is 23.8 Å². The summed E-state index contributed by atoms with van der Waals surface area (Å²) >= 11 is 1.20. The minimum absolute atomic E-state index is 0.155. The average molecular weight is 462 g/mol. The largest absolute Gasteiger partial charge is 0.352 e. The molecule has 1 aliphatic carbocycles. The number of carbonyl (C=O) groups excluding carboxylic acids is 2. The molecule has 0 spiro atoms. The zero-order valence-electron chi connectivity index (χ0n) is 17.2. The molecule has 1 aliphatic heterocycles. The molecule has 166 valence electrons. The first kappa shape index (κ1) is 22.0. The second-order valence-corrected chi connectivity index (χ2v) is 11.3. The Balaban J connectivity index is 1.36. The molecule has 2 heterocycles. The Morgan fingerprint density at radius 2 is 1.74 bits per heavy atom. The average Bonchev–Trinajstić information content (AvgIpc) is 3.40. The van der Waals surface area contributed by atoms with Crippen molar-refractivity contribution in [1.82, 2.24) is 14.9 Å². The van der Waals surface area contributed by atoms with Gasteiger partial charge in [-0.05, 0) is 42.7 Å². The summed E-state index contributed by atoms with van der Waals surface area (Å²) in [6.45, 7) is 0.603. The molecule has 1 unspecified atom stereocenters. The number of hydrogen-bond donors (Lipinski definition) is 2. The smallest absolute Gasteiger partial charge is 0.252 e. The molecule has 2 N–H and O–H groups in total. The fourth-order valence-electron chi connectivity index (χ4n) is 3.77. The van der Waals surface area contributed by atoms with E-state index in [1.807, 2.05) is 30.3 Å². The molecule has 1 saturated heterocycles. The highest BCUT2D eigenvalue weighted by atomic mass is 32.2. The molecule has 1 aromatic heterocycles. The predicted molar refractivity (Wildman–Crippen MR) is 119 cm³/mol. The second kappa shape index (κ2) is 9.50. The van der Waals surface area contributed by atoms with Crippen molar-refractivity contribution < 1.29 is 18.0 Å². The number of nitrogens with one attached hydrogen (secondary N) is 2. The van der Waals surface area contributed by atoms with Gasteiger partial charge in [0, 0.05) is 31.5 Å². The summed E-state index contributed by atoms with van der Waals surface area (Å²) in [7, 11) is -3.50. The van der Waals surface area contributed by atoms with Gasteiger partial charge in [0.2, 0.25) is 11.8 Å². The van der Waals surface area contributed by atoms with Gasteiger partial charge in [0.25, 0.3) is 10.0 Å². The van der Waals surface area contributed by atoms with Crippen molar-refractivity contribution in [2.24, 2.45) is 5.92 Å². The van der Waals surface area contributed by atoms with Gasteiger partial charge in [-0.2, -0.15) is 4.31 Å². The van der Waals surface area contributed by atoms with Gasteiger partial charge in [-0.3, -0.25) is 9.59 Å². The number of hydrogen-bond acceptors (Lipinski definition) is 5. The molecule has 31 heavy (non-hydrogen) atoms. The van der Waals surface area contributed by atoms with Crippen LogP contribution in [0.25, 0.3) is 0 Å². The maximum atomic E-state index is 12.9. The van der Waals surface area contributed by atoms with Crippen LogP contribution < -0.4 is 10.6 Å². The standard InChI is InChI=1S/C22H27N3O4S2/c26-21(17-10-12-25(13-11-17)31(28,29)20-7-4-14-30-20)24-19(22(27)23-18-8-9-18)15-16-5-2-1-3-6-16/h1-7,14,17-19H,8-13,15H2,(H,23,27)(H,24,26). The van der Waals surface area contributed by atoms with Gasteiger partial charge in [0.05, 0.1) is 0 Å². The molecule has 4 rings (SSSR count). The van der Waals surface area contributed by atoms with E-state index in [9.17, 15) is 18.0 Å². The van der Waals surface area contributed by atoms with Gasteiger partial charge in [-0.1, -0.05) is 36.4 Å². The summed E-state index contributed by atoms with van der Waals surface area (Å²) in [6.07, 6.45) is 3.28. The van der Waals surface area contributed by atoms with Gasteiger partial charge in [-0.25, -0.2) is 8.42 Å². The van der Waals surface area contributed by atoms with Crippen LogP contribution in [0.1, 0.15) is 31.2 Å². The molecule has 2 aromatic rings. The van der Waals surface area contributed by atoms with Crippen LogP contribution in [-0.4, -0.2) is 49.7 Å². The highest BCUT2D eigenvalue weighted by molar-refractivity contribution is 7.91. The first-order valence-corrected chi connectivity index (χ1v) is 12.9. The number of amides is 2. The molecule has 0 radical (unpaired) electrons. The number of piperidine rings is 1. The maximum absolute atomic E-state index is 12.9. The van der Waals surface area contributed by atoms with Crippen LogP contribution in [0.5, 0.6) is 0 Å². The lowest BCUT2D eigenvalue weighted by atomic mass is 9.96. The molecule has 0 bridgehead atoms. The van der Waals surface area contributed by atoms with Gasteiger partial charge < -0.3 is 10.6 Å². The third-order valence-corrected chi connectivity index (χ3v) is 9.02. The molecule has 2 amide bonds. The summed E-state index contributed by atoms with van der Waals surface area (Å²) in [5, 5.41) is 7.66. The molecule has 2 aliphatic rings. The lowest BCUT2D eigenvalue weighted by Gasteiger charge is -2.31. The first-order valence-electron chi connectivity index (χ1n) is 10.6. The maximum Gasteiger partial charge on any atom is 0.252 e. The summed E-state index contributed by atoms with van der Waals surface area (Å²) in [6, 6.07) is 12.5. The van der Waals surface area contributed by atoms with E-state index in [4.69, 9.17) is 0 Å². The number of benzene rings is 1. The van der Waals surface area contributed by atoms with Crippen LogP contribution in [0, 0.1) is 5.92 Å². The molecule has 1 aromatic carbocycles. The van der Waals surface area contributed by atoms with Crippen LogP contribution in [0.3, 0.4) is 0 Å². The molecule has 7 nitrogen and oxygen atoms in total. The third-order valence-electron chi connectivity index (χ3n) is 5.75. The summed E-state index contributed by atoms with van der Waals surface area (Å²) in [5.74, 6) is -0.640. The van der Waals surface area contributed by atoms with Crippen LogP contribution in [0.4, 0.5) is 0 Å². The zero-order chi connectivity index (χ0) is 21.8. The van der Waals surface area contributed by atoms with Crippen LogP contribution in [0.2, 0.25) is 0 Å². The van der Waals surface area contributed by atoms with Gasteiger partial charge in [-0.15, -0.1) is 11.3 Å². The summed E-state index contributed by atoms with van der Waals surface area (Å²) in [5.41, 5.74) is 0.982. The van der Waals surface area contributed by atoms with Crippen molar-refractivity contribution in [3.63, 3.8) is 0 Å². The van der Waals surface area contributed by atoms with Gasteiger partial charge in [0.15, 0.2) is 0 Å². The molecule has 9 heteroatoms. The number of nitrogens with zero attached hydrogens (tertiary/aromatic N) is 1. The Hall–Kier alpha value is -2.23. The van der Waals surface area contributed by atoms with E-state index in [0.717, 1.165) is 18.4 Å². The van der Waals surface area contributed by atoms with E-state index in [2.05, 4.69) is 10.6 Å². The summed E-state index contributed by atoms with van der Waals surface area (Å²) in [4.78, 5) is 25.7. The minimum Gasteiger partial charge on any atom is -0.352 e. The van der Waals surface area contributed by atoms with Gasteiger partial charge in [0.1, 0.15) is 10.3 Å². The molecular weight excluding hydrogens is 434 g/mol. The lowest BCUT2D eigenvalue weighted by Crippen LogP contribution is -2.51. The monoisotopic (exact) mass is 461 g/mol. The van der Waals surface area contributed by atoms with E-state index >= 15 is 0 Å². The zero-order valence-corrected chi connectivity index (χ0v) is 18.8. The highest BCUT2D eigenvalue weighted by Gasteiger charge is 2.34. The van der Waals surface area contributed by atoms with E-state index in [1.54, 1.807) is 17.5 Å². The Morgan fingerprint density at radius 1 is 1.03 bits per heavy atom. The normalized spacial score (nSPS) is 19.0. The Labute approximate surface area is 186 Å². The molecule has 1 saturated carbocycles. The van der Waals surface area contributed by atoms with Crippen LogP contribution in [-0.2, 0) is 26.0 Å². The first-order chi connectivity index (χ1) is 14.9. The fraction of sp³-hybridized carbons (Fsp3) is 0.455. The van der Waals surface area contributed by atoms with Crippen LogP contribution in [0.15, 0.2) is 52.1 Å². The molecular formula is C22H27N3O4S2. The molecule has 2 fully saturated rings.